The topological polar surface area (TPSA) is 52.6 Å². The smallest absolute Gasteiger partial charge is 0.347 e. The molecule has 0 aliphatic carbocycles. The van der Waals surface area contributed by atoms with Gasteiger partial charge in [-0.05, 0) is 36.5 Å². The van der Waals surface area contributed by atoms with Crippen molar-refractivity contribution in [2.75, 3.05) is 7.11 Å². The summed E-state index contributed by atoms with van der Waals surface area (Å²) in [5, 5.41) is 0.633. The van der Waals surface area contributed by atoms with Crippen molar-refractivity contribution in [1.29, 1.82) is 0 Å². The largest absolute Gasteiger partial charge is 0.466 e. The molecule has 0 N–H and O–H groups in total. The molecule has 1 unspecified atom stereocenters. The molecule has 0 spiro atoms. The number of benzene rings is 1. The third-order valence-electron chi connectivity index (χ3n) is 2.93. The molecular formula is C16H21ClO4. The zero-order valence-corrected chi connectivity index (χ0v) is 13.4. The van der Waals surface area contributed by atoms with Crippen molar-refractivity contribution in [3.05, 3.63) is 34.9 Å². The average molecular weight is 313 g/mol. The normalized spacial score (nSPS) is 12.0. The first-order chi connectivity index (χ1) is 9.92. The summed E-state index contributed by atoms with van der Waals surface area (Å²) in [6, 6.07) is 7.31. The fourth-order valence-electron chi connectivity index (χ4n) is 1.91. The van der Waals surface area contributed by atoms with Gasteiger partial charge >= 0.3 is 11.9 Å². The van der Waals surface area contributed by atoms with E-state index in [9.17, 15) is 9.59 Å². The molecule has 0 radical (unpaired) electrons. The van der Waals surface area contributed by atoms with Crippen LogP contribution in [-0.4, -0.2) is 25.2 Å². The van der Waals surface area contributed by atoms with Crippen LogP contribution in [-0.2, 0) is 25.5 Å². The quantitative estimate of drug-likeness (QED) is 0.724. The molecule has 0 fully saturated rings. The van der Waals surface area contributed by atoms with E-state index in [0.29, 0.717) is 17.9 Å². The van der Waals surface area contributed by atoms with Crippen molar-refractivity contribution in [2.45, 2.75) is 39.2 Å². The van der Waals surface area contributed by atoms with Crippen LogP contribution in [0.3, 0.4) is 0 Å². The van der Waals surface area contributed by atoms with Crippen LogP contribution < -0.4 is 0 Å². The van der Waals surface area contributed by atoms with E-state index in [0.717, 1.165) is 5.56 Å². The van der Waals surface area contributed by atoms with Gasteiger partial charge < -0.3 is 9.47 Å². The van der Waals surface area contributed by atoms with Crippen LogP contribution >= 0.6 is 11.6 Å². The molecule has 0 amide bonds. The Kier molecular flexibility index (Phi) is 7.23. The highest BCUT2D eigenvalue weighted by atomic mass is 35.5. The van der Waals surface area contributed by atoms with Gasteiger partial charge in [-0.15, -0.1) is 0 Å². The fourth-order valence-corrected chi connectivity index (χ4v) is 2.12. The van der Waals surface area contributed by atoms with Gasteiger partial charge in [-0.25, -0.2) is 4.79 Å². The van der Waals surface area contributed by atoms with Gasteiger partial charge in [-0.3, -0.25) is 4.79 Å². The van der Waals surface area contributed by atoms with E-state index in [2.05, 4.69) is 4.74 Å². The first kappa shape index (κ1) is 17.5. The summed E-state index contributed by atoms with van der Waals surface area (Å²) in [6.07, 6.45) is 0.345. The zero-order chi connectivity index (χ0) is 15.8. The Morgan fingerprint density at radius 2 is 2.00 bits per heavy atom. The number of carbonyl (C=O) groups excluding carboxylic acids is 2. The monoisotopic (exact) mass is 312 g/mol. The highest BCUT2D eigenvalue weighted by Crippen LogP contribution is 2.14. The van der Waals surface area contributed by atoms with Gasteiger partial charge in [0, 0.05) is 11.4 Å². The summed E-state index contributed by atoms with van der Waals surface area (Å²) in [7, 11) is 1.29. The Morgan fingerprint density at radius 3 is 2.57 bits per heavy atom. The summed E-state index contributed by atoms with van der Waals surface area (Å²) < 4.78 is 9.88. The van der Waals surface area contributed by atoms with E-state index in [1.807, 2.05) is 26.0 Å². The Bertz CT molecular complexity index is 485. The van der Waals surface area contributed by atoms with Crippen molar-refractivity contribution >= 4 is 23.5 Å². The average Bonchev–Trinajstić information content (AvgIpc) is 2.43. The van der Waals surface area contributed by atoms with Gasteiger partial charge in [0.05, 0.1) is 7.11 Å². The SMILES string of the molecule is COC(=O)C(CC(C)C)OC(=O)CCc1cccc(Cl)c1. The molecule has 5 heteroatoms. The van der Waals surface area contributed by atoms with Gasteiger partial charge in [0.2, 0.25) is 0 Å². The Balaban J connectivity index is 2.51. The van der Waals surface area contributed by atoms with Crippen LogP contribution in [0.5, 0.6) is 0 Å². The van der Waals surface area contributed by atoms with Crippen molar-refractivity contribution in [1.82, 2.24) is 0 Å². The molecule has 0 saturated heterocycles. The third-order valence-corrected chi connectivity index (χ3v) is 3.17. The summed E-state index contributed by atoms with van der Waals surface area (Å²) in [5.74, 6) is -0.694. The number of aryl methyl sites for hydroxylation is 1. The first-order valence-electron chi connectivity index (χ1n) is 6.94. The Morgan fingerprint density at radius 1 is 1.29 bits per heavy atom. The molecule has 0 aliphatic heterocycles. The molecule has 0 bridgehead atoms. The van der Waals surface area contributed by atoms with Gasteiger partial charge in [0.15, 0.2) is 6.10 Å². The number of rotatable bonds is 7. The van der Waals surface area contributed by atoms with Gasteiger partial charge in [0.1, 0.15) is 0 Å². The second-order valence-electron chi connectivity index (χ2n) is 5.26. The number of hydrogen-bond acceptors (Lipinski definition) is 4. The van der Waals surface area contributed by atoms with Crippen LogP contribution in [0.4, 0.5) is 0 Å². The highest BCUT2D eigenvalue weighted by molar-refractivity contribution is 6.30. The number of hydrogen-bond donors (Lipinski definition) is 0. The molecule has 0 heterocycles. The maximum absolute atomic E-state index is 11.9. The summed E-state index contributed by atoms with van der Waals surface area (Å²) in [6.45, 7) is 3.91. The molecule has 1 rings (SSSR count). The van der Waals surface area contributed by atoms with E-state index in [4.69, 9.17) is 16.3 Å². The van der Waals surface area contributed by atoms with E-state index in [-0.39, 0.29) is 12.3 Å². The maximum Gasteiger partial charge on any atom is 0.347 e. The molecule has 0 aliphatic rings. The molecule has 21 heavy (non-hydrogen) atoms. The lowest BCUT2D eigenvalue weighted by Gasteiger charge is -2.17. The first-order valence-corrected chi connectivity index (χ1v) is 7.32. The molecule has 1 aromatic carbocycles. The van der Waals surface area contributed by atoms with E-state index in [1.54, 1.807) is 12.1 Å². The molecule has 1 aromatic rings. The Labute approximate surface area is 130 Å². The molecule has 0 saturated carbocycles. The summed E-state index contributed by atoms with van der Waals surface area (Å²) in [4.78, 5) is 23.4. The number of esters is 2. The van der Waals surface area contributed by atoms with Crippen molar-refractivity contribution in [2.24, 2.45) is 5.92 Å². The molecule has 4 nitrogen and oxygen atoms in total. The predicted octanol–water partition coefficient (Wildman–Crippen LogP) is 3.40. The summed E-state index contributed by atoms with van der Waals surface area (Å²) >= 11 is 5.88. The molecule has 1 atom stereocenters. The Hall–Kier alpha value is -1.55. The van der Waals surface area contributed by atoms with E-state index in [1.165, 1.54) is 7.11 Å². The lowest BCUT2D eigenvalue weighted by atomic mass is 10.1. The van der Waals surface area contributed by atoms with Gasteiger partial charge in [-0.2, -0.15) is 0 Å². The minimum Gasteiger partial charge on any atom is -0.466 e. The second-order valence-corrected chi connectivity index (χ2v) is 5.70. The predicted molar refractivity (Wildman–Crippen MR) is 81.1 cm³/mol. The van der Waals surface area contributed by atoms with Crippen LogP contribution in [0, 0.1) is 5.92 Å². The van der Waals surface area contributed by atoms with Crippen molar-refractivity contribution in [3.63, 3.8) is 0 Å². The number of ether oxygens (including phenoxy) is 2. The molecular weight excluding hydrogens is 292 g/mol. The standard InChI is InChI=1S/C16H21ClO4/c1-11(2)9-14(16(19)20-3)21-15(18)8-7-12-5-4-6-13(17)10-12/h4-6,10-11,14H,7-9H2,1-3H3. The third kappa shape index (κ3) is 6.63. The van der Waals surface area contributed by atoms with Crippen LogP contribution in [0.15, 0.2) is 24.3 Å². The number of halogens is 1. The van der Waals surface area contributed by atoms with E-state index >= 15 is 0 Å². The molecule has 0 aromatic heterocycles. The minimum atomic E-state index is -0.832. The summed E-state index contributed by atoms with van der Waals surface area (Å²) in [5.41, 5.74) is 0.956. The van der Waals surface area contributed by atoms with Crippen molar-refractivity contribution < 1.29 is 19.1 Å². The maximum atomic E-state index is 11.9. The lowest BCUT2D eigenvalue weighted by Crippen LogP contribution is -2.30. The van der Waals surface area contributed by atoms with Crippen LogP contribution in [0.25, 0.3) is 0 Å². The van der Waals surface area contributed by atoms with Crippen LogP contribution in [0.2, 0.25) is 5.02 Å². The fraction of sp³-hybridized carbons (Fsp3) is 0.500. The highest BCUT2D eigenvalue weighted by Gasteiger charge is 2.24. The van der Waals surface area contributed by atoms with E-state index < -0.39 is 18.0 Å². The van der Waals surface area contributed by atoms with Crippen molar-refractivity contribution in [3.8, 4) is 0 Å². The zero-order valence-electron chi connectivity index (χ0n) is 12.6. The van der Waals surface area contributed by atoms with Gasteiger partial charge in [0.25, 0.3) is 0 Å². The number of carbonyl (C=O) groups is 2. The van der Waals surface area contributed by atoms with Gasteiger partial charge in [-0.1, -0.05) is 37.6 Å². The number of methoxy groups -OCH3 is 1. The lowest BCUT2D eigenvalue weighted by molar-refractivity contribution is -0.167. The minimum absolute atomic E-state index is 0.200. The second kappa shape index (κ2) is 8.67. The van der Waals surface area contributed by atoms with Crippen LogP contribution in [0.1, 0.15) is 32.3 Å². The molecule has 116 valence electrons.